The molecule has 25 heavy (non-hydrogen) atoms. The number of rotatable bonds is 6. The van der Waals surface area contributed by atoms with E-state index in [1.54, 1.807) is 12.1 Å². The summed E-state index contributed by atoms with van der Waals surface area (Å²) in [5, 5.41) is 0. The van der Waals surface area contributed by atoms with E-state index in [0.717, 1.165) is 11.1 Å². The fraction of sp³-hybridized carbons (Fsp3) is 0.130. The van der Waals surface area contributed by atoms with Gasteiger partial charge in [-0.15, -0.1) is 0 Å². The van der Waals surface area contributed by atoms with E-state index in [-0.39, 0.29) is 18.0 Å². The molecule has 2 heteroatoms. The average Bonchev–Trinajstić information content (AvgIpc) is 2.67. The van der Waals surface area contributed by atoms with E-state index in [0.29, 0.717) is 11.1 Å². The Morgan fingerprint density at radius 1 is 0.720 bits per heavy atom. The van der Waals surface area contributed by atoms with Crippen molar-refractivity contribution in [3.63, 3.8) is 0 Å². The molecule has 0 saturated carbocycles. The minimum absolute atomic E-state index is 0.0181. The first kappa shape index (κ1) is 16.8. The highest BCUT2D eigenvalue weighted by Crippen LogP contribution is 2.26. The monoisotopic (exact) mass is 328 g/mol. The molecule has 0 heterocycles. The molecule has 124 valence electrons. The number of carbonyl (C=O) groups is 2. The van der Waals surface area contributed by atoms with Gasteiger partial charge in [0.15, 0.2) is 11.6 Å². The van der Waals surface area contributed by atoms with Crippen LogP contribution in [0.4, 0.5) is 0 Å². The Balaban J connectivity index is 1.91. The second-order valence-electron chi connectivity index (χ2n) is 6.19. The van der Waals surface area contributed by atoms with Gasteiger partial charge in [0, 0.05) is 17.5 Å². The first-order chi connectivity index (χ1) is 12.1. The van der Waals surface area contributed by atoms with Gasteiger partial charge in [-0.2, -0.15) is 0 Å². The van der Waals surface area contributed by atoms with Crippen molar-refractivity contribution in [1.82, 2.24) is 0 Å². The summed E-state index contributed by atoms with van der Waals surface area (Å²) in [6.45, 7) is 1.99. The minimum Gasteiger partial charge on any atom is -0.294 e. The predicted molar refractivity (Wildman–Crippen MR) is 100 cm³/mol. The van der Waals surface area contributed by atoms with Crippen LogP contribution in [0.1, 0.15) is 44.2 Å². The van der Waals surface area contributed by atoms with E-state index in [9.17, 15) is 9.59 Å². The number of aryl methyl sites for hydroxylation is 1. The summed E-state index contributed by atoms with van der Waals surface area (Å²) in [6, 6.07) is 26.2. The molecular formula is C23H20O2. The summed E-state index contributed by atoms with van der Waals surface area (Å²) in [5.41, 5.74) is 3.26. The second kappa shape index (κ2) is 7.71. The van der Waals surface area contributed by atoms with Crippen molar-refractivity contribution in [2.75, 3.05) is 0 Å². The van der Waals surface area contributed by atoms with Gasteiger partial charge in [-0.25, -0.2) is 0 Å². The maximum absolute atomic E-state index is 13.1. The molecule has 3 aromatic carbocycles. The van der Waals surface area contributed by atoms with Gasteiger partial charge in [0.2, 0.25) is 0 Å². The van der Waals surface area contributed by atoms with Gasteiger partial charge in [-0.1, -0.05) is 90.5 Å². The molecule has 0 fully saturated rings. The van der Waals surface area contributed by atoms with Crippen molar-refractivity contribution in [3.05, 3.63) is 107 Å². The van der Waals surface area contributed by atoms with Crippen LogP contribution in [0.2, 0.25) is 0 Å². The van der Waals surface area contributed by atoms with Crippen molar-refractivity contribution in [2.45, 2.75) is 19.3 Å². The van der Waals surface area contributed by atoms with Gasteiger partial charge < -0.3 is 0 Å². The molecule has 0 saturated heterocycles. The summed E-state index contributed by atoms with van der Waals surface area (Å²) in [7, 11) is 0. The summed E-state index contributed by atoms with van der Waals surface area (Å²) >= 11 is 0. The molecule has 0 aliphatic heterocycles. The van der Waals surface area contributed by atoms with Crippen LogP contribution in [0, 0.1) is 6.92 Å². The third-order valence-corrected chi connectivity index (χ3v) is 4.34. The lowest BCUT2D eigenvalue weighted by atomic mass is 9.85. The van der Waals surface area contributed by atoms with Gasteiger partial charge in [0.25, 0.3) is 0 Å². The highest BCUT2D eigenvalue weighted by atomic mass is 16.1. The van der Waals surface area contributed by atoms with E-state index in [4.69, 9.17) is 0 Å². The molecule has 3 rings (SSSR count). The lowest BCUT2D eigenvalue weighted by Gasteiger charge is -2.16. The highest BCUT2D eigenvalue weighted by molar-refractivity contribution is 6.06. The highest BCUT2D eigenvalue weighted by Gasteiger charge is 2.25. The molecule has 0 bridgehead atoms. The van der Waals surface area contributed by atoms with E-state index in [2.05, 4.69) is 0 Å². The molecule has 0 unspecified atom stereocenters. The van der Waals surface area contributed by atoms with E-state index < -0.39 is 5.92 Å². The first-order valence-corrected chi connectivity index (χ1v) is 8.39. The van der Waals surface area contributed by atoms with Crippen molar-refractivity contribution < 1.29 is 9.59 Å². The van der Waals surface area contributed by atoms with Crippen molar-refractivity contribution in [3.8, 4) is 0 Å². The second-order valence-corrected chi connectivity index (χ2v) is 6.19. The smallest absolute Gasteiger partial charge is 0.170 e. The van der Waals surface area contributed by atoms with Gasteiger partial charge in [0.1, 0.15) is 0 Å². The topological polar surface area (TPSA) is 34.1 Å². The quantitative estimate of drug-likeness (QED) is 0.580. The zero-order chi connectivity index (χ0) is 17.6. The number of hydrogen-bond donors (Lipinski definition) is 0. The van der Waals surface area contributed by atoms with E-state index in [1.807, 2.05) is 79.7 Å². The van der Waals surface area contributed by atoms with Crippen LogP contribution in [0.15, 0.2) is 84.9 Å². The number of carbonyl (C=O) groups excluding carboxylic acids is 2. The van der Waals surface area contributed by atoms with Crippen LogP contribution in [0.25, 0.3) is 0 Å². The molecule has 0 spiro atoms. The lowest BCUT2D eigenvalue weighted by molar-refractivity contribution is 0.0893. The molecule has 1 atom stereocenters. The van der Waals surface area contributed by atoms with Gasteiger partial charge in [-0.05, 0) is 12.5 Å². The van der Waals surface area contributed by atoms with Gasteiger partial charge in [-0.3, -0.25) is 9.59 Å². The van der Waals surface area contributed by atoms with Crippen molar-refractivity contribution in [1.29, 1.82) is 0 Å². The normalized spacial score (nSPS) is 11.7. The van der Waals surface area contributed by atoms with Crippen LogP contribution in [-0.4, -0.2) is 11.6 Å². The average molecular weight is 328 g/mol. The Bertz CT molecular complexity index is 850. The summed E-state index contributed by atoms with van der Waals surface area (Å²) < 4.78 is 0. The zero-order valence-corrected chi connectivity index (χ0v) is 14.2. The summed E-state index contributed by atoms with van der Waals surface area (Å²) in [5.74, 6) is -0.512. The molecule has 0 aromatic heterocycles. The standard InChI is InChI=1S/C23H20O2/c1-17-12-14-20(15-13-17)23(25)21(18-8-4-2-5-9-18)16-22(24)19-10-6-3-7-11-19/h2-15,21H,16H2,1H3/t21-/m1/s1. The first-order valence-electron chi connectivity index (χ1n) is 8.39. The number of hydrogen-bond acceptors (Lipinski definition) is 2. The Labute approximate surface area is 148 Å². The Hall–Kier alpha value is -3.00. The van der Waals surface area contributed by atoms with Crippen molar-refractivity contribution in [2.24, 2.45) is 0 Å². The van der Waals surface area contributed by atoms with Gasteiger partial charge in [0.05, 0.1) is 5.92 Å². The summed E-state index contributed by atoms with van der Waals surface area (Å²) in [4.78, 5) is 25.7. The largest absolute Gasteiger partial charge is 0.294 e. The predicted octanol–water partition coefficient (Wildman–Crippen LogP) is 5.23. The third kappa shape index (κ3) is 4.10. The molecule has 2 nitrogen and oxygen atoms in total. The maximum atomic E-state index is 13.1. The lowest BCUT2D eigenvalue weighted by Crippen LogP contribution is -2.17. The SMILES string of the molecule is Cc1ccc(C(=O)[C@H](CC(=O)c2ccccc2)c2ccccc2)cc1. The number of benzene rings is 3. The zero-order valence-electron chi connectivity index (χ0n) is 14.2. The van der Waals surface area contributed by atoms with Crippen molar-refractivity contribution >= 4 is 11.6 Å². The minimum atomic E-state index is -0.475. The fourth-order valence-electron chi connectivity index (χ4n) is 2.89. The van der Waals surface area contributed by atoms with E-state index in [1.165, 1.54) is 0 Å². The molecular weight excluding hydrogens is 308 g/mol. The van der Waals surface area contributed by atoms with Crippen LogP contribution < -0.4 is 0 Å². The molecule has 0 radical (unpaired) electrons. The molecule has 0 aliphatic carbocycles. The molecule has 3 aromatic rings. The van der Waals surface area contributed by atoms with E-state index >= 15 is 0 Å². The van der Waals surface area contributed by atoms with Crippen LogP contribution in [0.3, 0.4) is 0 Å². The molecule has 0 aliphatic rings. The number of Topliss-reactive ketones (excluding diaryl/α,β-unsaturated/α-hetero) is 2. The van der Waals surface area contributed by atoms with Crippen LogP contribution in [0.5, 0.6) is 0 Å². The molecule has 0 amide bonds. The molecule has 0 N–H and O–H groups in total. The Morgan fingerprint density at radius 2 is 1.28 bits per heavy atom. The Kier molecular flexibility index (Phi) is 5.20. The maximum Gasteiger partial charge on any atom is 0.170 e. The summed E-state index contributed by atoms with van der Waals surface area (Å²) in [6.07, 6.45) is 0.167. The number of ketones is 2. The van der Waals surface area contributed by atoms with Crippen LogP contribution >= 0.6 is 0 Å². The van der Waals surface area contributed by atoms with Crippen LogP contribution in [-0.2, 0) is 0 Å². The Morgan fingerprint density at radius 3 is 1.88 bits per heavy atom. The third-order valence-electron chi connectivity index (χ3n) is 4.34. The van der Waals surface area contributed by atoms with Gasteiger partial charge >= 0.3 is 0 Å². The fourth-order valence-corrected chi connectivity index (χ4v) is 2.89.